The minimum Gasteiger partial charge on any atom is -0.377 e. The van der Waals surface area contributed by atoms with Crippen molar-refractivity contribution < 1.29 is 4.74 Å². The predicted octanol–water partition coefficient (Wildman–Crippen LogP) is 3.48. The maximum atomic E-state index is 5.68. The lowest BCUT2D eigenvalue weighted by molar-refractivity contribution is 0.0168. The summed E-state index contributed by atoms with van der Waals surface area (Å²) in [6.45, 7) is 5.01. The van der Waals surface area contributed by atoms with Gasteiger partial charge in [-0.2, -0.15) is 0 Å². The van der Waals surface area contributed by atoms with E-state index < -0.39 is 0 Å². The lowest BCUT2D eigenvalue weighted by Gasteiger charge is -2.22. The normalized spacial score (nSPS) is 21.2. The van der Waals surface area contributed by atoms with E-state index >= 15 is 0 Å². The van der Waals surface area contributed by atoms with Gasteiger partial charge in [0.05, 0.1) is 9.89 Å². The van der Waals surface area contributed by atoms with Crippen LogP contribution in [-0.4, -0.2) is 19.3 Å². The lowest BCUT2D eigenvalue weighted by Crippen LogP contribution is -2.31. The maximum absolute atomic E-state index is 5.68. The van der Waals surface area contributed by atoms with Gasteiger partial charge in [0, 0.05) is 24.6 Å². The Labute approximate surface area is 110 Å². The van der Waals surface area contributed by atoms with E-state index in [4.69, 9.17) is 4.74 Å². The van der Waals surface area contributed by atoms with Crippen molar-refractivity contribution in [3.8, 4) is 0 Å². The summed E-state index contributed by atoms with van der Waals surface area (Å²) < 4.78 is 6.92. The molecule has 1 atom stereocenters. The smallest absolute Gasteiger partial charge is 0.0730 e. The molecule has 0 amide bonds. The Morgan fingerprint density at radius 2 is 2.44 bits per heavy atom. The molecule has 1 saturated heterocycles. The first kappa shape index (κ1) is 12.6. The quantitative estimate of drug-likeness (QED) is 0.919. The fourth-order valence-electron chi connectivity index (χ4n) is 1.94. The second-order valence-electron chi connectivity index (χ2n) is 4.29. The largest absolute Gasteiger partial charge is 0.377 e. The molecular formula is C12H18BrNOS. The number of aryl methyl sites for hydroxylation is 1. The number of ether oxygens (including phenoxy) is 1. The van der Waals surface area contributed by atoms with Gasteiger partial charge in [-0.25, -0.2) is 0 Å². The van der Waals surface area contributed by atoms with Gasteiger partial charge in [-0.1, -0.05) is 0 Å². The molecule has 0 saturated carbocycles. The van der Waals surface area contributed by atoms with Crippen molar-refractivity contribution in [1.82, 2.24) is 5.32 Å². The zero-order valence-corrected chi connectivity index (χ0v) is 12.0. The molecule has 16 heavy (non-hydrogen) atoms. The van der Waals surface area contributed by atoms with Crippen molar-refractivity contribution >= 4 is 27.3 Å². The van der Waals surface area contributed by atoms with Gasteiger partial charge in [-0.15, -0.1) is 11.3 Å². The third kappa shape index (κ3) is 3.55. The van der Waals surface area contributed by atoms with Crippen molar-refractivity contribution in [2.75, 3.05) is 13.2 Å². The Balaban J connectivity index is 1.71. The maximum Gasteiger partial charge on any atom is 0.0730 e. The SMILES string of the molecule is Cc1cc(CNCC2CCCCO2)sc1Br. The zero-order chi connectivity index (χ0) is 11.4. The molecule has 1 N–H and O–H groups in total. The first-order chi connectivity index (χ1) is 7.75. The van der Waals surface area contributed by atoms with Gasteiger partial charge in [0.15, 0.2) is 0 Å². The van der Waals surface area contributed by atoms with Crippen LogP contribution in [0.4, 0.5) is 0 Å². The van der Waals surface area contributed by atoms with Crippen molar-refractivity contribution in [1.29, 1.82) is 0 Å². The molecule has 2 nitrogen and oxygen atoms in total. The molecule has 0 bridgehead atoms. The Bertz CT molecular complexity index is 314. The fourth-order valence-corrected chi connectivity index (χ4v) is 3.53. The number of halogens is 1. The summed E-state index contributed by atoms with van der Waals surface area (Å²) in [5.41, 5.74) is 1.33. The van der Waals surface area contributed by atoms with Gasteiger partial charge in [-0.3, -0.25) is 0 Å². The second kappa shape index (κ2) is 6.15. The Morgan fingerprint density at radius 3 is 3.06 bits per heavy atom. The van der Waals surface area contributed by atoms with Crippen LogP contribution in [0.15, 0.2) is 9.85 Å². The Morgan fingerprint density at radius 1 is 1.56 bits per heavy atom. The number of hydrogen-bond acceptors (Lipinski definition) is 3. The summed E-state index contributed by atoms with van der Waals surface area (Å²) in [5, 5.41) is 3.48. The lowest BCUT2D eigenvalue weighted by atomic mass is 10.1. The zero-order valence-electron chi connectivity index (χ0n) is 9.59. The van der Waals surface area contributed by atoms with Crippen molar-refractivity contribution in [2.24, 2.45) is 0 Å². The first-order valence-corrected chi connectivity index (χ1v) is 7.44. The van der Waals surface area contributed by atoms with Crippen LogP contribution in [-0.2, 0) is 11.3 Å². The molecule has 1 aliphatic heterocycles. The monoisotopic (exact) mass is 303 g/mol. The summed E-state index contributed by atoms with van der Waals surface area (Å²) in [4.78, 5) is 1.39. The molecule has 2 heterocycles. The molecule has 0 aromatic carbocycles. The predicted molar refractivity (Wildman–Crippen MR) is 72.1 cm³/mol. The summed E-state index contributed by atoms with van der Waals surface area (Å²) in [6, 6.07) is 2.24. The Kier molecular flexibility index (Phi) is 4.82. The molecule has 90 valence electrons. The minimum absolute atomic E-state index is 0.429. The number of rotatable bonds is 4. The van der Waals surface area contributed by atoms with Gasteiger partial charge in [-0.05, 0) is 53.7 Å². The van der Waals surface area contributed by atoms with Gasteiger partial charge >= 0.3 is 0 Å². The molecule has 1 aliphatic rings. The van der Waals surface area contributed by atoms with Crippen LogP contribution >= 0.6 is 27.3 Å². The van der Waals surface area contributed by atoms with Crippen LogP contribution in [0.1, 0.15) is 29.7 Å². The third-order valence-corrected chi connectivity index (χ3v) is 4.99. The average Bonchev–Trinajstić information content (AvgIpc) is 2.60. The number of nitrogens with one attached hydrogen (secondary N) is 1. The van der Waals surface area contributed by atoms with Crippen molar-refractivity contribution in [3.05, 3.63) is 20.3 Å². The summed E-state index contributed by atoms with van der Waals surface area (Å²) >= 11 is 5.36. The highest BCUT2D eigenvalue weighted by molar-refractivity contribution is 9.11. The van der Waals surface area contributed by atoms with E-state index in [0.29, 0.717) is 6.10 Å². The molecule has 0 radical (unpaired) electrons. The molecule has 1 fully saturated rings. The third-order valence-electron chi connectivity index (χ3n) is 2.85. The molecule has 0 aliphatic carbocycles. The summed E-state index contributed by atoms with van der Waals surface area (Å²) in [5.74, 6) is 0. The molecule has 2 rings (SSSR count). The molecule has 4 heteroatoms. The van der Waals surface area contributed by atoms with Crippen LogP contribution in [0.25, 0.3) is 0 Å². The number of thiophene rings is 1. The van der Waals surface area contributed by atoms with Crippen LogP contribution in [0, 0.1) is 6.92 Å². The average molecular weight is 304 g/mol. The van der Waals surface area contributed by atoms with E-state index in [1.165, 1.54) is 33.5 Å². The van der Waals surface area contributed by atoms with Crippen molar-refractivity contribution in [2.45, 2.75) is 38.8 Å². The molecular weight excluding hydrogens is 286 g/mol. The molecule has 1 aromatic rings. The standard InChI is InChI=1S/C12H18BrNOS/c1-9-6-11(16-12(9)13)8-14-7-10-4-2-3-5-15-10/h6,10,14H,2-5,7-8H2,1H3. The van der Waals surface area contributed by atoms with Gasteiger partial charge in [0.25, 0.3) is 0 Å². The highest BCUT2D eigenvalue weighted by Gasteiger charge is 2.13. The van der Waals surface area contributed by atoms with Crippen molar-refractivity contribution in [3.63, 3.8) is 0 Å². The van der Waals surface area contributed by atoms with Crippen LogP contribution in [0.3, 0.4) is 0 Å². The van der Waals surface area contributed by atoms with Gasteiger partial charge in [0.1, 0.15) is 0 Å². The number of hydrogen-bond donors (Lipinski definition) is 1. The van der Waals surface area contributed by atoms with E-state index in [9.17, 15) is 0 Å². The van der Waals surface area contributed by atoms with Crippen LogP contribution in [0.5, 0.6) is 0 Å². The van der Waals surface area contributed by atoms with E-state index in [0.717, 1.165) is 19.7 Å². The first-order valence-electron chi connectivity index (χ1n) is 5.83. The van der Waals surface area contributed by atoms with E-state index in [1.807, 2.05) is 11.3 Å². The highest BCUT2D eigenvalue weighted by atomic mass is 79.9. The highest BCUT2D eigenvalue weighted by Crippen LogP contribution is 2.27. The van der Waals surface area contributed by atoms with Gasteiger partial charge < -0.3 is 10.1 Å². The Hall–Kier alpha value is 0.100. The van der Waals surface area contributed by atoms with E-state index in [1.54, 1.807) is 0 Å². The second-order valence-corrected chi connectivity index (χ2v) is 6.74. The van der Waals surface area contributed by atoms with E-state index in [-0.39, 0.29) is 0 Å². The summed E-state index contributed by atoms with van der Waals surface area (Å²) in [6.07, 6.45) is 4.18. The van der Waals surface area contributed by atoms with Gasteiger partial charge in [0.2, 0.25) is 0 Å². The van der Waals surface area contributed by atoms with Crippen LogP contribution < -0.4 is 5.32 Å². The molecule has 0 spiro atoms. The molecule has 1 aromatic heterocycles. The minimum atomic E-state index is 0.429. The molecule has 1 unspecified atom stereocenters. The summed E-state index contributed by atoms with van der Waals surface area (Å²) in [7, 11) is 0. The van der Waals surface area contributed by atoms with Crippen LogP contribution in [0.2, 0.25) is 0 Å². The fraction of sp³-hybridized carbons (Fsp3) is 0.667. The topological polar surface area (TPSA) is 21.3 Å². The van der Waals surface area contributed by atoms with E-state index in [2.05, 4.69) is 34.2 Å².